The molecule has 0 bridgehead atoms. The molecule has 0 heterocycles. The number of methoxy groups -OCH3 is 2. The van der Waals surface area contributed by atoms with Gasteiger partial charge >= 0.3 is 0 Å². The van der Waals surface area contributed by atoms with E-state index in [2.05, 4.69) is 0 Å². The highest BCUT2D eigenvalue weighted by molar-refractivity contribution is 7.89. The van der Waals surface area contributed by atoms with Crippen molar-refractivity contribution in [2.45, 2.75) is 24.8 Å². The Labute approximate surface area is 120 Å². The Balaban J connectivity index is 3.38. The van der Waals surface area contributed by atoms with Gasteiger partial charge in [-0.3, -0.25) is 0 Å². The molecular formula is C13H21NO5S. The first-order chi connectivity index (χ1) is 9.38. The molecule has 6 nitrogen and oxygen atoms in total. The van der Waals surface area contributed by atoms with Crippen molar-refractivity contribution >= 4 is 10.0 Å². The van der Waals surface area contributed by atoms with Crippen LogP contribution in [0.25, 0.3) is 0 Å². The van der Waals surface area contributed by atoms with Crippen molar-refractivity contribution in [3.8, 4) is 11.5 Å². The lowest BCUT2D eigenvalue weighted by Crippen LogP contribution is -2.39. The van der Waals surface area contributed by atoms with Crippen LogP contribution in [0.1, 0.15) is 13.8 Å². The highest BCUT2D eigenvalue weighted by Gasteiger charge is 2.29. The normalized spacial score (nSPS) is 11.9. The average Bonchev–Trinajstić information content (AvgIpc) is 2.43. The number of rotatable bonds is 7. The molecular weight excluding hydrogens is 282 g/mol. The average molecular weight is 303 g/mol. The zero-order valence-electron chi connectivity index (χ0n) is 12.2. The molecule has 0 atom stereocenters. The van der Waals surface area contributed by atoms with E-state index in [0.717, 1.165) is 0 Å². The van der Waals surface area contributed by atoms with Crippen LogP contribution >= 0.6 is 0 Å². The number of ether oxygens (including phenoxy) is 2. The minimum Gasteiger partial charge on any atom is -0.497 e. The van der Waals surface area contributed by atoms with Gasteiger partial charge in [0.15, 0.2) is 0 Å². The van der Waals surface area contributed by atoms with Crippen molar-refractivity contribution in [3.63, 3.8) is 0 Å². The van der Waals surface area contributed by atoms with E-state index in [1.54, 1.807) is 26.0 Å². The van der Waals surface area contributed by atoms with E-state index in [1.165, 1.54) is 24.6 Å². The molecule has 0 saturated carbocycles. The molecule has 0 radical (unpaired) electrons. The highest BCUT2D eigenvalue weighted by atomic mass is 32.2. The van der Waals surface area contributed by atoms with E-state index in [9.17, 15) is 8.42 Å². The third kappa shape index (κ3) is 3.41. The summed E-state index contributed by atoms with van der Waals surface area (Å²) in [7, 11) is -0.896. The summed E-state index contributed by atoms with van der Waals surface area (Å²) >= 11 is 0. The summed E-state index contributed by atoms with van der Waals surface area (Å²) in [5.74, 6) is 0.673. The molecule has 0 saturated heterocycles. The Morgan fingerprint density at radius 1 is 1.25 bits per heavy atom. The second kappa shape index (κ2) is 6.92. The molecule has 0 spiro atoms. The number of nitrogens with zero attached hydrogens (tertiary/aromatic N) is 1. The Hall–Kier alpha value is -1.31. The topological polar surface area (TPSA) is 76.1 Å². The molecule has 0 unspecified atom stereocenters. The van der Waals surface area contributed by atoms with Crippen molar-refractivity contribution in [1.82, 2.24) is 4.31 Å². The van der Waals surface area contributed by atoms with Gasteiger partial charge < -0.3 is 14.6 Å². The molecule has 1 aromatic rings. The number of sulfonamides is 1. The van der Waals surface area contributed by atoms with Gasteiger partial charge in [-0.15, -0.1) is 0 Å². The van der Waals surface area contributed by atoms with Crippen LogP contribution in [0.5, 0.6) is 11.5 Å². The number of aliphatic hydroxyl groups excluding tert-OH is 1. The molecule has 114 valence electrons. The molecule has 0 aromatic heterocycles. The number of hydrogen-bond acceptors (Lipinski definition) is 5. The molecule has 0 aliphatic heterocycles. The van der Waals surface area contributed by atoms with Gasteiger partial charge in [-0.1, -0.05) is 0 Å². The van der Waals surface area contributed by atoms with Crippen molar-refractivity contribution in [2.75, 3.05) is 27.4 Å². The Morgan fingerprint density at radius 2 is 1.90 bits per heavy atom. The van der Waals surface area contributed by atoms with Crippen LogP contribution in [-0.2, 0) is 10.0 Å². The first-order valence-electron chi connectivity index (χ1n) is 6.23. The van der Waals surface area contributed by atoms with Crippen LogP contribution in [-0.4, -0.2) is 51.2 Å². The van der Waals surface area contributed by atoms with E-state index < -0.39 is 10.0 Å². The first kappa shape index (κ1) is 16.7. The molecule has 0 amide bonds. The monoisotopic (exact) mass is 303 g/mol. The molecule has 0 aliphatic carbocycles. The summed E-state index contributed by atoms with van der Waals surface area (Å²) in [5, 5.41) is 9.06. The van der Waals surface area contributed by atoms with E-state index in [0.29, 0.717) is 5.75 Å². The maximum Gasteiger partial charge on any atom is 0.247 e. The second-order valence-electron chi connectivity index (χ2n) is 4.45. The van der Waals surface area contributed by atoms with E-state index in [-0.39, 0.29) is 29.8 Å². The minimum absolute atomic E-state index is 0.0281. The lowest BCUT2D eigenvalue weighted by molar-refractivity contribution is 0.236. The fraction of sp³-hybridized carbons (Fsp3) is 0.538. The summed E-state index contributed by atoms with van der Waals surface area (Å²) < 4.78 is 36.8. The third-order valence-electron chi connectivity index (χ3n) is 2.85. The van der Waals surface area contributed by atoms with Gasteiger partial charge in [0, 0.05) is 18.7 Å². The quantitative estimate of drug-likeness (QED) is 0.816. The van der Waals surface area contributed by atoms with Crippen molar-refractivity contribution in [3.05, 3.63) is 18.2 Å². The number of benzene rings is 1. The fourth-order valence-electron chi connectivity index (χ4n) is 1.87. The van der Waals surface area contributed by atoms with Gasteiger partial charge in [-0.05, 0) is 26.0 Å². The van der Waals surface area contributed by atoms with Crippen molar-refractivity contribution in [1.29, 1.82) is 0 Å². The van der Waals surface area contributed by atoms with Crippen LogP contribution in [0, 0.1) is 0 Å². The predicted octanol–water partition coefficient (Wildman–Crippen LogP) is 1.10. The summed E-state index contributed by atoms with van der Waals surface area (Å²) in [4.78, 5) is 0.0292. The largest absolute Gasteiger partial charge is 0.497 e. The molecule has 20 heavy (non-hydrogen) atoms. The van der Waals surface area contributed by atoms with Crippen LogP contribution < -0.4 is 9.47 Å². The van der Waals surface area contributed by atoms with Crippen molar-refractivity contribution in [2.24, 2.45) is 0 Å². The molecule has 1 rings (SSSR count). The molecule has 0 fully saturated rings. The van der Waals surface area contributed by atoms with Crippen LogP contribution in [0.2, 0.25) is 0 Å². The van der Waals surface area contributed by atoms with Crippen LogP contribution in [0.15, 0.2) is 23.1 Å². The summed E-state index contributed by atoms with van der Waals surface area (Å²) in [6.45, 7) is 3.28. The van der Waals surface area contributed by atoms with Gasteiger partial charge in [0.05, 0.1) is 20.8 Å². The molecule has 1 aromatic carbocycles. The molecule has 0 aliphatic rings. The number of aliphatic hydroxyl groups is 1. The Kier molecular flexibility index (Phi) is 5.79. The van der Waals surface area contributed by atoms with E-state index in [4.69, 9.17) is 14.6 Å². The smallest absolute Gasteiger partial charge is 0.247 e. The SMILES string of the molecule is COc1ccc(OC)c(S(=O)(=O)N(CCO)C(C)C)c1. The van der Waals surface area contributed by atoms with E-state index >= 15 is 0 Å². The van der Waals surface area contributed by atoms with Gasteiger partial charge in [0.2, 0.25) is 10.0 Å². The maximum atomic E-state index is 12.7. The summed E-state index contributed by atoms with van der Waals surface area (Å²) in [5.41, 5.74) is 0. The van der Waals surface area contributed by atoms with Crippen LogP contribution in [0.3, 0.4) is 0 Å². The highest BCUT2D eigenvalue weighted by Crippen LogP contribution is 2.31. The van der Waals surface area contributed by atoms with Crippen LogP contribution in [0.4, 0.5) is 0 Å². The second-order valence-corrected chi connectivity index (χ2v) is 6.31. The lowest BCUT2D eigenvalue weighted by Gasteiger charge is -2.26. The Bertz CT molecular complexity index is 542. The standard InChI is InChI=1S/C13H21NO5S/c1-10(2)14(7-8-15)20(16,17)13-9-11(18-3)5-6-12(13)19-4/h5-6,9-10,15H,7-8H2,1-4H3. The molecule has 7 heteroatoms. The zero-order chi connectivity index (χ0) is 15.3. The minimum atomic E-state index is -3.77. The van der Waals surface area contributed by atoms with Gasteiger partial charge in [0.1, 0.15) is 16.4 Å². The van der Waals surface area contributed by atoms with E-state index in [1.807, 2.05) is 0 Å². The summed E-state index contributed by atoms with van der Waals surface area (Å²) in [6, 6.07) is 4.32. The zero-order valence-corrected chi connectivity index (χ0v) is 13.0. The first-order valence-corrected chi connectivity index (χ1v) is 7.67. The van der Waals surface area contributed by atoms with Crippen molar-refractivity contribution < 1.29 is 23.0 Å². The molecule has 1 N–H and O–H groups in total. The maximum absolute atomic E-state index is 12.7. The Morgan fingerprint density at radius 3 is 2.35 bits per heavy atom. The van der Waals surface area contributed by atoms with Gasteiger partial charge in [-0.25, -0.2) is 8.42 Å². The van der Waals surface area contributed by atoms with Gasteiger partial charge in [0.25, 0.3) is 0 Å². The lowest BCUT2D eigenvalue weighted by atomic mass is 10.3. The third-order valence-corrected chi connectivity index (χ3v) is 4.95. The fourth-order valence-corrected chi connectivity index (χ4v) is 3.67. The van der Waals surface area contributed by atoms with Gasteiger partial charge in [-0.2, -0.15) is 4.31 Å². The number of hydrogen-bond donors (Lipinski definition) is 1. The summed E-state index contributed by atoms with van der Waals surface area (Å²) in [6.07, 6.45) is 0. The predicted molar refractivity (Wildman–Crippen MR) is 75.7 cm³/mol.